The summed E-state index contributed by atoms with van der Waals surface area (Å²) in [7, 11) is 0. The van der Waals surface area contributed by atoms with Gasteiger partial charge in [0, 0.05) is 23.5 Å². The molecule has 0 saturated carbocycles. The van der Waals surface area contributed by atoms with Gasteiger partial charge in [0.25, 0.3) is 0 Å². The first-order valence-electron chi connectivity index (χ1n) is 9.76. The Balaban J connectivity index is 2.28. The van der Waals surface area contributed by atoms with E-state index in [1.807, 2.05) is 38.1 Å². The number of nitrogens with one attached hydrogen (secondary N) is 3. The van der Waals surface area contributed by atoms with E-state index in [0.717, 1.165) is 16.5 Å². The van der Waals surface area contributed by atoms with Crippen LogP contribution in [0.25, 0.3) is 10.9 Å². The highest BCUT2D eigenvalue weighted by molar-refractivity contribution is 5.93. The van der Waals surface area contributed by atoms with Gasteiger partial charge in [0.05, 0.1) is 6.04 Å². The summed E-state index contributed by atoms with van der Waals surface area (Å²) in [5.74, 6) is -2.53. The zero-order chi connectivity index (χ0) is 21.7. The highest BCUT2D eigenvalue weighted by Crippen LogP contribution is 2.19. The molecule has 0 fully saturated rings. The zero-order valence-corrected chi connectivity index (χ0v) is 17.2. The quantitative estimate of drug-likeness (QED) is 0.432. The third-order valence-corrected chi connectivity index (χ3v) is 4.98. The molecule has 0 aliphatic carbocycles. The molecule has 3 unspecified atom stereocenters. The number of carboxylic acid groups (broad SMARTS) is 1. The van der Waals surface area contributed by atoms with Crippen LogP contribution in [0.15, 0.2) is 30.5 Å². The standard InChI is InChI=1S/C21H30N4O4/c1-11(2)17(22)20(27)24-16(19(26)25-18(12(3)4)21(28)29)9-13-10-23-15-8-6-5-7-14(13)15/h5-8,10-12,16-18,23H,9,22H2,1-4H3,(H,24,27)(H,25,26)(H,28,29). The fourth-order valence-electron chi connectivity index (χ4n) is 3.07. The molecule has 158 valence electrons. The van der Waals surface area contributed by atoms with Gasteiger partial charge in [-0.3, -0.25) is 9.59 Å². The number of amides is 2. The highest BCUT2D eigenvalue weighted by Gasteiger charge is 2.30. The SMILES string of the molecule is CC(C)C(N)C(=O)NC(Cc1c[nH]c2ccccc12)C(=O)NC(C(=O)O)C(C)C. The van der Waals surface area contributed by atoms with Crippen molar-refractivity contribution in [3.05, 3.63) is 36.0 Å². The van der Waals surface area contributed by atoms with Crippen LogP contribution in [-0.4, -0.2) is 46.0 Å². The number of H-pyrrole nitrogens is 1. The van der Waals surface area contributed by atoms with Gasteiger partial charge in [0.1, 0.15) is 12.1 Å². The van der Waals surface area contributed by atoms with E-state index in [9.17, 15) is 19.5 Å². The lowest BCUT2D eigenvalue weighted by atomic mass is 10.00. The van der Waals surface area contributed by atoms with E-state index in [1.54, 1.807) is 20.0 Å². The van der Waals surface area contributed by atoms with Gasteiger partial charge in [0.2, 0.25) is 11.8 Å². The molecule has 2 aromatic rings. The van der Waals surface area contributed by atoms with Crippen LogP contribution in [0.3, 0.4) is 0 Å². The fourth-order valence-corrected chi connectivity index (χ4v) is 3.07. The number of para-hydroxylation sites is 1. The molecular formula is C21H30N4O4. The van der Waals surface area contributed by atoms with Crippen molar-refractivity contribution in [1.29, 1.82) is 0 Å². The van der Waals surface area contributed by atoms with Crippen molar-refractivity contribution in [2.75, 3.05) is 0 Å². The van der Waals surface area contributed by atoms with E-state index in [0.29, 0.717) is 0 Å². The first kappa shape index (κ1) is 22.4. The number of carbonyl (C=O) groups is 3. The van der Waals surface area contributed by atoms with Crippen LogP contribution in [0, 0.1) is 11.8 Å². The maximum absolute atomic E-state index is 12.9. The number of carbonyl (C=O) groups excluding carboxylic acids is 2. The normalized spacial score (nSPS) is 14.6. The molecule has 3 atom stereocenters. The summed E-state index contributed by atoms with van der Waals surface area (Å²) in [6, 6.07) is 4.86. The second-order valence-electron chi connectivity index (χ2n) is 7.96. The summed E-state index contributed by atoms with van der Waals surface area (Å²) in [5, 5.41) is 15.6. The van der Waals surface area contributed by atoms with Crippen molar-refractivity contribution in [1.82, 2.24) is 15.6 Å². The number of rotatable bonds is 9. The Bertz CT molecular complexity index is 874. The minimum Gasteiger partial charge on any atom is -0.480 e. The van der Waals surface area contributed by atoms with Gasteiger partial charge in [-0.15, -0.1) is 0 Å². The number of aliphatic carboxylic acids is 1. The van der Waals surface area contributed by atoms with Crippen LogP contribution >= 0.6 is 0 Å². The lowest BCUT2D eigenvalue weighted by Gasteiger charge is -2.25. The van der Waals surface area contributed by atoms with Crippen molar-refractivity contribution >= 4 is 28.7 Å². The smallest absolute Gasteiger partial charge is 0.326 e. The van der Waals surface area contributed by atoms with E-state index in [-0.39, 0.29) is 18.3 Å². The molecule has 0 radical (unpaired) electrons. The van der Waals surface area contributed by atoms with Crippen LogP contribution in [0.1, 0.15) is 33.3 Å². The number of aromatic amines is 1. The summed E-state index contributed by atoms with van der Waals surface area (Å²) >= 11 is 0. The highest BCUT2D eigenvalue weighted by atomic mass is 16.4. The average molecular weight is 402 g/mol. The number of hydrogen-bond acceptors (Lipinski definition) is 4. The molecule has 0 aliphatic rings. The molecule has 2 rings (SSSR count). The van der Waals surface area contributed by atoms with Crippen molar-refractivity contribution in [2.45, 2.75) is 52.2 Å². The minimum absolute atomic E-state index is 0.103. The van der Waals surface area contributed by atoms with Crippen LogP contribution in [0.2, 0.25) is 0 Å². The van der Waals surface area contributed by atoms with Crippen LogP contribution < -0.4 is 16.4 Å². The van der Waals surface area contributed by atoms with E-state index in [1.165, 1.54) is 0 Å². The molecule has 0 spiro atoms. The number of hydrogen-bond donors (Lipinski definition) is 5. The van der Waals surface area contributed by atoms with Gasteiger partial charge < -0.3 is 26.5 Å². The van der Waals surface area contributed by atoms with Crippen molar-refractivity contribution in [2.24, 2.45) is 17.6 Å². The Morgan fingerprint density at radius 2 is 1.69 bits per heavy atom. The predicted molar refractivity (Wildman–Crippen MR) is 111 cm³/mol. The Morgan fingerprint density at radius 3 is 2.28 bits per heavy atom. The molecule has 0 bridgehead atoms. The molecule has 8 nitrogen and oxygen atoms in total. The van der Waals surface area contributed by atoms with Gasteiger partial charge in [-0.1, -0.05) is 45.9 Å². The van der Waals surface area contributed by atoms with Gasteiger partial charge in [-0.05, 0) is 23.5 Å². The molecule has 0 aliphatic heterocycles. The van der Waals surface area contributed by atoms with Gasteiger partial charge >= 0.3 is 5.97 Å². The summed E-state index contributed by atoms with van der Waals surface area (Å²) in [4.78, 5) is 40.0. The molecule has 1 heterocycles. The van der Waals surface area contributed by atoms with Crippen molar-refractivity contribution in [3.8, 4) is 0 Å². The molecule has 29 heavy (non-hydrogen) atoms. The molecule has 6 N–H and O–H groups in total. The Hall–Kier alpha value is -2.87. The second-order valence-corrected chi connectivity index (χ2v) is 7.96. The first-order valence-corrected chi connectivity index (χ1v) is 9.76. The van der Waals surface area contributed by atoms with Gasteiger partial charge in [-0.2, -0.15) is 0 Å². The molecular weight excluding hydrogens is 372 g/mol. The predicted octanol–water partition coefficient (Wildman–Crippen LogP) is 1.40. The van der Waals surface area contributed by atoms with Gasteiger partial charge in [0.15, 0.2) is 0 Å². The molecule has 0 saturated heterocycles. The number of nitrogens with two attached hydrogens (primary N) is 1. The van der Waals surface area contributed by atoms with E-state index >= 15 is 0 Å². The lowest BCUT2D eigenvalue weighted by Crippen LogP contribution is -2.56. The summed E-state index contributed by atoms with van der Waals surface area (Å²) in [6.07, 6.45) is 1.99. The maximum Gasteiger partial charge on any atom is 0.326 e. The summed E-state index contributed by atoms with van der Waals surface area (Å²) < 4.78 is 0. The zero-order valence-electron chi connectivity index (χ0n) is 17.2. The molecule has 8 heteroatoms. The van der Waals surface area contributed by atoms with E-state index < -0.39 is 35.9 Å². The topological polar surface area (TPSA) is 137 Å². The first-order chi connectivity index (χ1) is 13.6. The fraction of sp³-hybridized carbons (Fsp3) is 0.476. The molecule has 1 aromatic carbocycles. The van der Waals surface area contributed by atoms with Gasteiger partial charge in [-0.25, -0.2) is 4.79 Å². The molecule has 1 aromatic heterocycles. The maximum atomic E-state index is 12.9. The van der Waals surface area contributed by atoms with Crippen LogP contribution in [0.5, 0.6) is 0 Å². The Kier molecular flexibility index (Phi) is 7.39. The average Bonchev–Trinajstić information content (AvgIpc) is 3.07. The summed E-state index contributed by atoms with van der Waals surface area (Å²) in [6.45, 7) is 7.05. The minimum atomic E-state index is -1.12. The monoisotopic (exact) mass is 402 g/mol. The van der Waals surface area contributed by atoms with Crippen LogP contribution in [0.4, 0.5) is 0 Å². The Labute approximate surface area is 170 Å². The largest absolute Gasteiger partial charge is 0.480 e. The third-order valence-electron chi connectivity index (χ3n) is 4.98. The lowest BCUT2D eigenvalue weighted by molar-refractivity contribution is -0.143. The Morgan fingerprint density at radius 1 is 1.03 bits per heavy atom. The third kappa shape index (κ3) is 5.57. The van der Waals surface area contributed by atoms with Crippen molar-refractivity contribution in [3.63, 3.8) is 0 Å². The second kappa shape index (κ2) is 9.56. The number of carboxylic acids is 1. The van der Waals surface area contributed by atoms with Crippen LogP contribution in [-0.2, 0) is 20.8 Å². The number of fused-ring (bicyclic) bond motifs is 1. The van der Waals surface area contributed by atoms with E-state index in [4.69, 9.17) is 5.73 Å². The van der Waals surface area contributed by atoms with Crippen molar-refractivity contribution < 1.29 is 19.5 Å². The number of benzene rings is 1. The number of aromatic nitrogens is 1. The molecule has 2 amide bonds. The summed E-state index contributed by atoms with van der Waals surface area (Å²) in [5.41, 5.74) is 7.68. The van der Waals surface area contributed by atoms with E-state index in [2.05, 4.69) is 15.6 Å².